The van der Waals surface area contributed by atoms with Crippen LogP contribution in [0, 0.1) is 0 Å². The molecule has 10 heteroatoms. The molecule has 0 fully saturated rings. The molecule has 3 aromatic carbocycles. The van der Waals surface area contributed by atoms with Gasteiger partial charge in [-0.2, -0.15) is 0 Å². The van der Waals surface area contributed by atoms with Crippen molar-refractivity contribution in [1.29, 1.82) is 0 Å². The monoisotopic (exact) mass is 585 g/mol. The zero-order chi connectivity index (χ0) is 29.1. The van der Waals surface area contributed by atoms with Gasteiger partial charge in [0.25, 0.3) is 0 Å². The minimum absolute atomic E-state index is 0.0560. The average molecular weight is 586 g/mol. The van der Waals surface area contributed by atoms with Crippen molar-refractivity contribution in [2.24, 2.45) is 0 Å². The number of hydrogen-bond donors (Lipinski definition) is 1. The van der Waals surface area contributed by atoms with Gasteiger partial charge in [0.05, 0.1) is 19.1 Å². The van der Waals surface area contributed by atoms with Gasteiger partial charge < -0.3 is 15.0 Å². The quantitative estimate of drug-likeness (QED) is 0.297. The number of hydrogen-bond acceptors (Lipinski definition) is 5. The summed E-state index contributed by atoms with van der Waals surface area (Å²) in [6.07, 6.45) is 1.80. The molecular weight excluding hydrogens is 550 g/mol. The molecule has 0 saturated heterocycles. The topological polar surface area (TPSA) is 96.0 Å². The van der Waals surface area contributed by atoms with Gasteiger partial charge in [-0.05, 0) is 60.9 Å². The van der Waals surface area contributed by atoms with Crippen molar-refractivity contribution in [1.82, 2.24) is 10.2 Å². The van der Waals surface area contributed by atoms with Crippen LogP contribution in [0.3, 0.4) is 0 Å². The van der Waals surface area contributed by atoms with E-state index < -0.39 is 16.1 Å². The molecule has 0 radical (unpaired) electrons. The molecule has 0 aliphatic rings. The number of rotatable bonds is 14. The molecule has 40 heavy (non-hydrogen) atoms. The van der Waals surface area contributed by atoms with Crippen molar-refractivity contribution in [2.45, 2.75) is 38.8 Å². The van der Waals surface area contributed by atoms with Gasteiger partial charge >= 0.3 is 0 Å². The molecule has 8 nitrogen and oxygen atoms in total. The second kappa shape index (κ2) is 14.7. The van der Waals surface area contributed by atoms with E-state index >= 15 is 0 Å². The number of ether oxygens (including phenoxy) is 1. The Bertz CT molecular complexity index is 1350. The van der Waals surface area contributed by atoms with Gasteiger partial charge in [0, 0.05) is 37.5 Å². The third-order valence-electron chi connectivity index (χ3n) is 6.40. The number of likely N-dealkylation sites (N-methyl/N-ethyl adjacent to an activating group) is 1. The Morgan fingerprint density at radius 1 is 0.950 bits per heavy atom. The Kier molecular flexibility index (Phi) is 11.4. The van der Waals surface area contributed by atoms with Crippen molar-refractivity contribution in [3.05, 3.63) is 95.0 Å². The summed E-state index contributed by atoms with van der Waals surface area (Å²) < 4.78 is 31.6. The molecule has 214 valence electrons. The highest BCUT2D eigenvalue weighted by atomic mass is 35.5. The lowest BCUT2D eigenvalue weighted by Crippen LogP contribution is -2.50. The molecule has 0 bridgehead atoms. The number of sulfonamides is 1. The number of carbonyl (C=O) groups is 2. The molecule has 3 aromatic rings. The molecule has 3 rings (SSSR count). The van der Waals surface area contributed by atoms with Gasteiger partial charge in [-0.1, -0.05) is 54.1 Å². The van der Waals surface area contributed by atoms with Gasteiger partial charge in [-0.25, -0.2) is 8.42 Å². The van der Waals surface area contributed by atoms with E-state index in [0.29, 0.717) is 29.4 Å². The van der Waals surface area contributed by atoms with Crippen molar-refractivity contribution in [2.75, 3.05) is 30.8 Å². The summed E-state index contributed by atoms with van der Waals surface area (Å²) in [7, 11) is -2.06. The Balaban J connectivity index is 1.84. The van der Waals surface area contributed by atoms with E-state index in [0.717, 1.165) is 17.4 Å². The van der Waals surface area contributed by atoms with E-state index in [1.165, 1.54) is 11.4 Å². The number of methoxy groups -OCH3 is 1. The van der Waals surface area contributed by atoms with Crippen LogP contribution in [0.4, 0.5) is 5.69 Å². The summed E-state index contributed by atoms with van der Waals surface area (Å²) in [5.41, 5.74) is 2.24. The first kappa shape index (κ1) is 31.0. The van der Waals surface area contributed by atoms with Gasteiger partial charge in [0.1, 0.15) is 11.8 Å². The Hall–Kier alpha value is -3.56. The SMILES string of the molecule is CCNC(=O)[C@H](Cc1ccccc1)N(Cc1ccc(Cl)cc1)C(=O)CCCN(c1ccc(OC)cc1)S(C)(=O)=O. The van der Waals surface area contributed by atoms with Crippen LogP contribution < -0.4 is 14.4 Å². The van der Waals surface area contributed by atoms with Crippen LogP contribution in [0.2, 0.25) is 5.02 Å². The van der Waals surface area contributed by atoms with Crippen LogP contribution >= 0.6 is 11.6 Å². The number of amides is 2. The number of carbonyl (C=O) groups excluding carboxylic acids is 2. The highest BCUT2D eigenvalue weighted by Gasteiger charge is 2.30. The lowest BCUT2D eigenvalue weighted by atomic mass is 10.0. The molecule has 0 heterocycles. The lowest BCUT2D eigenvalue weighted by molar-refractivity contribution is -0.141. The Morgan fingerprint density at radius 2 is 1.60 bits per heavy atom. The number of nitrogens with one attached hydrogen (secondary N) is 1. The van der Waals surface area contributed by atoms with Gasteiger partial charge in [-0.3, -0.25) is 13.9 Å². The lowest BCUT2D eigenvalue weighted by Gasteiger charge is -2.32. The van der Waals surface area contributed by atoms with Crippen LogP contribution in [-0.4, -0.2) is 57.6 Å². The molecule has 0 saturated carbocycles. The van der Waals surface area contributed by atoms with Crippen LogP contribution in [0.1, 0.15) is 30.9 Å². The Morgan fingerprint density at radius 3 is 2.17 bits per heavy atom. The summed E-state index contributed by atoms with van der Waals surface area (Å²) in [4.78, 5) is 28.6. The second-order valence-corrected chi connectivity index (χ2v) is 11.7. The molecule has 0 unspecified atom stereocenters. The summed E-state index contributed by atoms with van der Waals surface area (Å²) in [6, 6.07) is 22.7. The molecule has 0 aliphatic heterocycles. The molecule has 0 aromatic heterocycles. The maximum atomic E-state index is 13.7. The number of nitrogens with zero attached hydrogens (tertiary/aromatic N) is 2. The predicted molar refractivity (Wildman–Crippen MR) is 159 cm³/mol. The highest BCUT2D eigenvalue weighted by Crippen LogP contribution is 2.23. The molecule has 2 amide bonds. The second-order valence-electron chi connectivity index (χ2n) is 9.38. The number of benzene rings is 3. The molecule has 1 N–H and O–H groups in total. The van der Waals surface area contributed by atoms with Crippen molar-refractivity contribution in [3.63, 3.8) is 0 Å². The zero-order valence-corrected chi connectivity index (χ0v) is 24.6. The number of anilines is 1. The number of halogens is 1. The minimum atomic E-state index is -3.60. The van der Waals surface area contributed by atoms with Gasteiger partial charge in [0.15, 0.2) is 0 Å². The van der Waals surface area contributed by atoms with E-state index in [1.54, 1.807) is 41.3 Å². The summed E-state index contributed by atoms with van der Waals surface area (Å²) >= 11 is 6.07. The zero-order valence-electron chi connectivity index (χ0n) is 23.0. The summed E-state index contributed by atoms with van der Waals surface area (Å²) in [5, 5.41) is 3.44. The maximum Gasteiger partial charge on any atom is 0.243 e. The third kappa shape index (κ3) is 8.99. The first-order chi connectivity index (χ1) is 19.1. The fraction of sp³-hybridized carbons (Fsp3) is 0.333. The first-order valence-electron chi connectivity index (χ1n) is 13.1. The van der Waals surface area contributed by atoms with Crippen LogP contribution in [-0.2, 0) is 32.6 Å². The molecule has 0 aliphatic carbocycles. The Labute approximate surface area is 241 Å². The van der Waals surface area contributed by atoms with Gasteiger partial charge in [0.2, 0.25) is 21.8 Å². The molecule has 0 spiro atoms. The normalized spacial score (nSPS) is 11.9. The standard InChI is InChI=1S/C30H36ClN3O5S/c1-4-32-30(36)28(21-23-9-6-5-7-10-23)33(22-24-12-14-25(31)15-13-24)29(35)11-8-20-34(40(3,37)38)26-16-18-27(39-2)19-17-26/h5-7,9-10,12-19,28H,4,8,11,20-22H2,1-3H3,(H,32,36)/t28-/m0/s1. The van der Waals surface area contributed by atoms with E-state index in [4.69, 9.17) is 16.3 Å². The largest absolute Gasteiger partial charge is 0.497 e. The fourth-order valence-corrected chi connectivity index (χ4v) is 5.48. The summed E-state index contributed by atoms with van der Waals surface area (Å²) in [5.74, 6) is 0.120. The third-order valence-corrected chi connectivity index (χ3v) is 7.85. The van der Waals surface area contributed by atoms with Crippen LogP contribution in [0.25, 0.3) is 0 Å². The van der Waals surface area contributed by atoms with Crippen LogP contribution in [0.15, 0.2) is 78.9 Å². The van der Waals surface area contributed by atoms with Crippen molar-refractivity contribution < 1.29 is 22.7 Å². The van der Waals surface area contributed by atoms with Crippen LogP contribution in [0.5, 0.6) is 5.75 Å². The van der Waals surface area contributed by atoms with Crippen molar-refractivity contribution in [3.8, 4) is 5.75 Å². The van der Waals surface area contributed by atoms with E-state index in [-0.39, 0.29) is 37.7 Å². The van der Waals surface area contributed by atoms with E-state index in [1.807, 2.05) is 49.4 Å². The molecular formula is C30H36ClN3O5S. The predicted octanol–water partition coefficient (Wildman–Crippen LogP) is 4.67. The highest BCUT2D eigenvalue weighted by molar-refractivity contribution is 7.92. The van der Waals surface area contributed by atoms with Crippen molar-refractivity contribution >= 4 is 39.1 Å². The fourth-order valence-electron chi connectivity index (χ4n) is 4.38. The molecule has 1 atom stereocenters. The minimum Gasteiger partial charge on any atom is -0.497 e. The average Bonchev–Trinajstić information content (AvgIpc) is 2.94. The smallest absolute Gasteiger partial charge is 0.243 e. The first-order valence-corrected chi connectivity index (χ1v) is 15.3. The maximum absolute atomic E-state index is 13.7. The van der Waals surface area contributed by atoms with E-state index in [2.05, 4.69) is 5.32 Å². The summed E-state index contributed by atoms with van der Waals surface area (Å²) in [6.45, 7) is 2.58. The van der Waals surface area contributed by atoms with E-state index in [9.17, 15) is 18.0 Å². The van der Waals surface area contributed by atoms with Gasteiger partial charge in [-0.15, -0.1) is 0 Å².